The Morgan fingerprint density at radius 1 is 0.828 bits per heavy atom. The number of nitrogen functional groups attached to an aromatic ring is 2. The highest BCUT2D eigenvalue weighted by Crippen LogP contribution is 2.35. The van der Waals surface area contributed by atoms with Gasteiger partial charge >= 0.3 is 0 Å². The Balaban J connectivity index is 0.00000132. The molecule has 0 saturated heterocycles. The molecule has 0 unspecified atom stereocenters. The summed E-state index contributed by atoms with van der Waals surface area (Å²) < 4.78 is 0. The predicted octanol–water partition coefficient (Wildman–Crippen LogP) is 3.12. The zero-order valence-corrected chi connectivity index (χ0v) is 17.4. The summed E-state index contributed by atoms with van der Waals surface area (Å²) in [5, 5.41) is 26.9. The molecule has 9 N–H and O–H groups in total. The second kappa shape index (κ2) is 12.3. The molecule has 0 amide bonds. The summed E-state index contributed by atoms with van der Waals surface area (Å²) in [6.07, 6.45) is 0. The number of allylic oxidation sites excluding steroid dienone is 2. The Morgan fingerprint density at radius 2 is 1.14 bits per heavy atom. The van der Waals surface area contributed by atoms with Crippen LogP contribution < -0.4 is 22.9 Å². The molecule has 0 radical (unpaired) electrons. The molecule has 0 spiro atoms. The van der Waals surface area contributed by atoms with Crippen molar-refractivity contribution in [2.45, 2.75) is 16.7 Å². The number of para-hydroxylation sites is 2. The average molecular weight is 427 g/mol. The van der Waals surface area contributed by atoms with Crippen molar-refractivity contribution in [1.82, 2.24) is 0 Å². The van der Waals surface area contributed by atoms with Crippen LogP contribution in [0.25, 0.3) is 0 Å². The minimum absolute atomic E-state index is 0.000237. The average Bonchev–Trinajstić information content (AvgIpc) is 2.70. The highest BCUT2D eigenvalue weighted by Gasteiger charge is 2.16. The molecule has 0 saturated carbocycles. The number of thioether (sulfide) groups is 2. The van der Waals surface area contributed by atoms with Crippen molar-refractivity contribution >= 4 is 34.9 Å². The van der Waals surface area contributed by atoms with E-state index in [-0.39, 0.29) is 27.8 Å². The third-order valence-electron chi connectivity index (χ3n) is 3.24. The van der Waals surface area contributed by atoms with Gasteiger partial charge in [0.1, 0.15) is 23.3 Å². The van der Waals surface area contributed by atoms with E-state index in [2.05, 4.69) is 0 Å². The maximum atomic E-state index is 9.51. The second-order valence-electron chi connectivity index (χ2n) is 5.30. The van der Waals surface area contributed by atoms with E-state index < -0.39 is 0 Å². The number of anilines is 2. The lowest BCUT2D eigenvalue weighted by atomic mass is 10.1. The Hall–Kier alpha value is -3.24. The van der Waals surface area contributed by atoms with E-state index in [9.17, 15) is 10.5 Å². The molecule has 0 aliphatic heterocycles. The van der Waals surface area contributed by atoms with Crippen LogP contribution in [0.3, 0.4) is 0 Å². The first-order valence-corrected chi connectivity index (χ1v) is 9.98. The Labute approximate surface area is 178 Å². The lowest BCUT2D eigenvalue weighted by molar-refractivity contribution is 0.318. The lowest BCUT2D eigenvalue weighted by Crippen LogP contribution is -2.06. The molecule has 2 aromatic carbocycles. The Morgan fingerprint density at radius 3 is 1.41 bits per heavy atom. The van der Waals surface area contributed by atoms with Gasteiger partial charge < -0.3 is 28.0 Å². The number of benzene rings is 2. The molecule has 150 valence electrons. The first kappa shape index (κ1) is 23.8. The molecule has 0 bridgehead atoms. The van der Waals surface area contributed by atoms with Gasteiger partial charge in [-0.2, -0.15) is 10.5 Å². The topological polar surface area (TPSA) is 172 Å². The fraction of sp³-hybridized carbons (Fsp3) is 0.100. The van der Waals surface area contributed by atoms with Crippen LogP contribution >= 0.6 is 23.5 Å². The first-order valence-electron chi connectivity index (χ1n) is 8.35. The van der Waals surface area contributed by atoms with Gasteiger partial charge in [-0.05, 0) is 31.2 Å². The standard InChI is InChI=1S/C18H16N6S2.C2H6O/c19-9-11(17(23)25-15-7-3-1-5-13(15)21)12(10-20)18(24)26-16-8-4-2-6-14(16)22;1-2-3/h1-8H,21-24H2;3H,2H2,1H3/b17-11-,18-12+;. The summed E-state index contributed by atoms with van der Waals surface area (Å²) in [6, 6.07) is 18.1. The maximum absolute atomic E-state index is 9.51. The van der Waals surface area contributed by atoms with Crippen molar-refractivity contribution < 1.29 is 5.11 Å². The van der Waals surface area contributed by atoms with Gasteiger partial charge in [-0.25, -0.2) is 0 Å². The van der Waals surface area contributed by atoms with Gasteiger partial charge in [0.05, 0.1) is 10.1 Å². The number of hydrogen-bond acceptors (Lipinski definition) is 9. The highest BCUT2D eigenvalue weighted by molar-refractivity contribution is 8.03. The number of hydrogen-bond donors (Lipinski definition) is 5. The molecule has 7 nitrogen and oxygen atoms in total. The van der Waals surface area contributed by atoms with Crippen LogP contribution in [0.2, 0.25) is 0 Å². The van der Waals surface area contributed by atoms with Crippen LogP contribution in [0.1, 0.15) is 6.92 Å². The quantitative estimate of drug-likeness (QED) is 0.208. The van der Waals surface area contributed by atoms with Crippen molar-refractivity contribution in [1.29, 1.82) is 10.5 Å². The van der Waals surface area contributed by atoms with Crippen molar-refractivity contribution in [3.05, 3.63) is 69.7 Å². The molecule has 0 fully saturated rings. The Bertz CT molecular complexity index is 909. The van der Waals surface area contributed by atoms with E-state index in [1.165, 1.54) is 0 Å². The number of nitrogens with zero attached hydrogens (tertiary/aromatic N) is 2. The van der Waals surface area contributed by atoms with Gasteiger partial charge in [-0.3, -0.25) is 0 Å². The smallest absolute Gasteiger partial charge is 0.103 e. The molecule has 29 heavy (non-hydrogen) atoms. The van der Waals surface area contributed by atoms with Gasteiger partial charge in [-0.1, -0.05) is 47.8 Å². The molecular weight excluding hydrogens is 404 g/mol. The van der Waals surface area contributed by atoms with Crippen LogP contribution in [0.4, 0.5) is 11.4 Å². The van der Waals surface area contributed by atoms with Crippen LogP contribution in [0.15, 0.2) is 79.5 Å². The first-order chi connectivity index (χ1) is 13.9. The van der Waals surface area contributed by atoms with Crippen LogP contribution in [-0.2, 0) is 0 Å². The molecule has 2 rings (SSSR count). The number of aliphatic hydroxyl groups excluding tert-OH is 1. The monoisotopic (exact) mass is 426 g/mol. The lowest BCUT2D eigenvalue weighted by Gasteiger charge is -2.10. The summed E-state index contributed by atoms with van der Waals surface area (Å²) in [6.45, 7) is 1.93. The molecule has 0 heterocycles. The second-order valence-corrected chi connectivity index (χ2v) is 7.47. The van der Waals surface area contributed by atoms with Gasteiger partial charge in [0.25, 0.3) is 0 Å². The van der Waals surface area contributed by atoms with Crippen molar-refractivity contribution in [2.24, 2.45) is 11.5 Å². The normalized spacial score (nSPS) is 11.7. The zero-order valence-electron chi connectivity index (χ0n) is 15.8. The van der Waals surface area contributed by atoms with Gasteiger partial charge in [0.2, 0.25) is 0 Å². The summed E-state index contributed by atoms with van der Waals surface area (Å²) in [5.41, 5.74) is 25.0. The van der Waals surface area contributed by atoms with Gasteiger partial charge in [0.15, 0.2) is 0 Å². The summed E-state index contributed by atoms with van der Waals surface area (Å²) in [7, 11) is 0. The van der Waals surface area contributed by atoms with E-state index in [1.807, 2.05) is 24.3 Å². The predicted molar refractivity (Wildman–Crippen MR) is 120 cm³/mol. The minimum Gasteiger partial charge on any atom is -0.398 e. The van der Waals surface area contributed by atoms with Gasteiger partial charge in [0, 0.05) is 27.8 Å². The molecule has 0 atom stereocenters. The van der Waals surface area contributed by atoms with Crippen molar-refractivity contribution in [3.8, 4) is 12.1 Å². The van der Waals surface area contributed by atoms with Crippen LogP contribution in [-0.4, -0.2) is 11.7 Å². The Kier molecular flexibility index (Phi) is 10.1. The van der Waals surface area contributed by atoms with E-state index >= 15 is 0 Å². The summed E-state index contributed by atoms with van der Waals surface area (Å²) in [4.78, 5) is 1.38. The largest absolute Gasteiger partial charge is 0.398 e. The molecular formula is C20H22N6OS2. The summed E-state index contributed by atoms with van der Waals surface area (Å²) >= 11 is 2.22. The SMILES string of the molecule is CCO.N#CC(=C(/N)Sc1ccccc1N)/C(C#N)=C(/N)Sc1ccccc1N. The van der Waals surface area contributed by atoms with E-state index in [0.29, 0.717) is 21.2 Å². The molecule has 0 aromatic heterocycles. The fourth-order valence-corrected chi connectivity index (χ4v) is 3.59. The highest BCUT2D eigenvalue weighted by atomic mass is 32.2. The van der Waals surface area contributed by atoms with Crippen LogP contribution in [0, 0.1) is 22.7 Å². The fourth-order valence-electron chi connectivity index (χ4n) is 1.95. The number of nitrogens with two attached hydrogens (primary N) is 4. The van der Waals surface area contributed by atoms with E-state index in [0.717, 1.165) is 23.5 Å². The summed E-state index contributed by atoms with van der Waals surface area (Å²) in [5.74, 6) is 0. The number of nitriles is 2. The molecule has 2 aromatic rings. The minimum atomic E-state index is 0.000237. The molecule has 0 aliphatic carbocycles. The van der Waals surface area contributed by atoms with Crippen LogP contribution in [0.5, 0.6) is 0 Å². The number of rotatable bonds is 5. The van der Waals surface area contributed by atoms with Crippen molar-refractivity contribution in [3.63, 3.8) is 0 Å². The third-order valence-corrected chi connectivity index (χ3v) is 5.28. The maximum Gasteiger partial charge on any atom is 0.103 e. The van der Waals surface area contributed by atoms with Gasteiger partial charge in [-0.15, -0.1) is 0 Å². The van der Waals surface area contributed by atoms with Crippen molar-refractivity contribution in [2.75, 3.05) is 18.1 Å². The number of aliphatic hydroxyl groups is 1. The molecule has 0 aliphatic rings. The molecule has 9 heteroatoms. The van der Waals surface area contributed by atoms with E-state index in [4.69, 9.17) is 28.0 Å². The zero-order chi connectivity index (χ0) is 21.8. The van der Waals surface area contributed by atoms with E-state index in [1.54, 1.807) is 43.3 Å². The third kappa shape index (κ3) is 7.01.